The number of rotatable bonds is 3. The highest BCUT2D eigenvalue weighted by Crippen LogP contribution is 2.22. The van der Waals surface area contributed by atoms with E-state index < -0.39 is 5.97 Å². The summed E-state index contributed by atoms with van der Waals surface area (Å²) >= 11 is 1.50. The molecule has 0 saturated carbocycles. The van der Waals surface area contributed by atoms with Crippen molar-refractivity contribution in [1.82, 2.24) is 0 Å². The Labute approximate surface area is 103 Å². The molecule has 86 valence electrons. The Morgan fingerprint density at radius 1 is 1.24 bits per heavy atom. The predicted molar refractivity (Wildman–Crippen MR) is 70.7 cm³/mol. The molecule has 0 bridgehead atoms. The van der Waals surface area contributed by atoms with Gasteiger partial charge in [0.05, 0.1) is 5.57 Å². The molecule has 2 aromatic rings. The number of carboxylic acid groups (broad SMARTS) is 1. The first-order valence-corrected chi connectivity index (χ1v) is 5.89. The van der Waals surface area contributed by atoms with Gasteiger partial charge in [-0.3, -0.25) is 0 Å². The van der Waals surface area contributed by atoms with E-state index in [0.717, 1.165) is 4.88 Å². The predicted octanol–water partition coefficient (Wildman–Crippen LogP) is 2.96. The lowest BCUT2D eigenvalue weighted by Gasteiger charge is -2.02. The van der Waals surface area contributed by atoms with E-state index in [1.54, 1.807) is 30.3 Å². The van der Waals surface area contributed by atoms with Crippen molar-refractivity contribution in [3.05, 3.63) is 52.2 Å². The van der Waals surface area contributed by atoms with E-state index in [-0.39, 0.29) is 5.57 Å². The summed E-state index contributed by atoms with van der Waals surface area (Å²) in [4.78, 5) is 12.1. The van der Waals surface area contributed by atoms with Gasteiger partial charge in [-0.1, -0.05) is 18.2 Å². The van der Waals surface area contributed by atoms with Gasteiger partial charge in [-0.2, -0.15) is 0 Å². The van der Waals surface area contributed by atoms with Crippen LogP contribution in [0.25, 0.3) is 11.6 Å². The Morgan fingerprint density at radius 2 is 1.94 bits per heavy atom. The summed E-state index contributed by atoms with van der Waals surface area (Å²) in [6.07, 6.45) is 1.67. The van der Waals surface area contributed by atoms with Crippen LogP contribution in [0, 0.1) is 0 Å². The standard InChI is InChI=1S/C13H11NO2S/c14-10-5-3-9(4-6-10)12(13(15)16)8-11-2-1-7-17-11/h1-8H,14H2,(H,15,16)/b12-8-. The van der Waals surface area contributed by atoms with Gasteiger partial charge in [-0.05, 0) is 35.2 Å². The third-order valence-electron chi connectivity index (χ3n) is 2.28. The van der Waals surface area contributed by atoms with E-state index in [2.05, 4.69) is 0 Å². The van der Waals surface area contributed by atoms with Gasteiger partial charge in [0.1, 0.15) is 0 Å². The number of carbonyl (C=O) groups is 1. The molecule has 4 heteroatoms. The number of benzene rings is 1. The first kappa shape index (κ1) is 11.4. The zero-order chi connectivity index (χ0) is 12.3. The van der Waals surface area contributed by atoms with Crippen LogP contribution >= 0.6 is 11.3 Å². The molecule has 0 aliphatic heterocycles. The molecule has 1 aromatic carbocycles. The van der Waals surface area contributed by atoms with E-state index in [0.29, 0.717) is 11.3 Å². The fourth-order valence-corrected chi connectivity index (χ4v) is 2.10. The van der Waals surface area contributed by atoms with Gasteiger partial charge in [0.25, 0.3) is 0 Å². The molecule has 17 heavy (non-hydrogen) atoms. The third-order valence-corrected chi connectivity index (χ3v) is 3.10. The van der Waals surface area contributed by atoms with Crippen LogP contribution in [-0.2, 0) is 4.79 Å². The molecule has 0 unspecified atom stereocenters. The minimum absolute atomic E-state index is 0.271. The van der Waals surface area contributed by atoms with Crippen LogP contribution in [0.15, 0.2) is 41.8 Å². The summed E-state index contributed by atoms with van der Waals surface area (Å²) in [6, 6.07) is 10.6. The quantitative estimate of drug-likeness (QED) is 0.645. The van der Waals surface area contributed by atoms with Crippen LogP contribution in [0.3, 0.4) is 0 Å². The molecule has 0 fully saturated rings. The van der Waals surface area contributed by atoms with Crippen molar-refractivity contribution in [2.24, 2.45) is 0 Å². The molecule has 2 rings (SSSR count). The van der Waals surface area contributed by atoms with Crippen molar-refractivity contribution >= 4 is 34.6 Å². The number of carboxylic acids is 1. The number of aliphatic carboxylic acids is 1. The number of anilines is 1. The fraction of sp³-hybridized carbons (Fsp3) is 0. The normalized spacial score (nSPS) is 11.4. The second kappa shape index (κ2) is 4.84. The van der Waals surface area contributed by atoms with E-state index in [4.69, 9.17) is 5.73 Å². The molecule has 0 saturated heterocycles. The molecule has 0 atom stereocenters. The molecule has 0 amide bonds. The Bertz CT molecular complexity index is 541. The first-order valence-electron chi connectivity index (χ1n) is 5.01. The molecule has 3 nitrogen and oxygen atoms in total. The monoisotopic (exact) mass is 245 g/mol. The minimum atomic E-state index is -0.942. The maximum atomic E-state index is 11.2. The second-order valence-corrected chi connectivity index (χ2v) is 4.48. The molecule has 3 N–H and O–H groups in total. The topological polar surface area (TPSA) is 63.3 Å². The van der Waals surface area contributed by atoms with Crippen LogP contribution in [-0.4, -0.2) is 11.1 Å². The lowest BCUT2D eigenvalue weighted by molar-refractivity contribution is -0.130. The maximum absolute atomic E-state index is 11.2. The van der Waals surface area contributed by atoms with Gasteiger partial charge in [-0.25, -0.2) is 4.79 Å². The van der Waals surface area contributed by atoms with Gasteiger partial charge in [0, 0.05) is 10.6 Å². The van der Waals surface area contributed by atoms with Crippen LogP contribution in [0.1, 0.15) is 10.4 Å². The van der Waals surface area contributed by atoms with Gasteiger partial charge >= 0.3 is 5.97 Å². The highest BCUT2D eigenvalue weighted by Gasteiger charge is 2.10. The Hall–Kier alpha value is -2.07. The summed E-state index contributed by atoms with van der Waals surface area (Å²) in [6.45, 7) is 0. The highest BCUT2D eigenvalue weighted by atomic mass is 32.1. The zero-order valence-corrected chi connectivity index (χ0v) is 9.78. The van der Waals surface area contributed by atoms with Crippen molar-refractivity contribution in [3.63, 3.8) is 0 Å². The molecule has 0 aliphatic carbocycles. The molecule has 0 radical (unpaired) electrons. The zero-order valence-electron chi connectivity index (χ0n) is 8.96. The second-order valence-electron chi connectivity index (χ2n) is 3.50. The maximum Gasteiger partial charge on any atom is 0.336 e. The Kier molecular flexibility index (Phi) is 3.25. The van der Waals surface area contributed by atoms with E-state index in [1.807, 2.05) is 17.5 Å². The summed E-state index contributed by atoms with van der Waals surface area (Å²) in [5, 5.41) is 11.1. The van der Waals surface area contributed by atoms with Crippen LogP contribution in [0.4, 0.5) is 5.69 Å². The van der Waals surface area contributed by atoms with Gasteiger partial charge in [-0.15, -0.1) is 11.3 Å². The van der Waals surface area contributed by atoms with Gasteiger partial charge in [0.15, 0.2) is 0 Å². The molecule has 1 heterocycles. The molecular weight excluding hydrogens is 234 g/mol. The molecule has 1 aromatic heterocycles. The summed E-state index contributed by atoms with van der Waals surface area (Å²) < 4.78 is 0. The lowest BCUT2D eigenvalue weighted by atomic mass is 10.1. The number of nitrogen functional groups attached to an aromatic ring is 1. The fourth-order valence-electron chi connectivity index (χ4n) is 1.45. The number of hydrogen-bond donors (Lipinski definition) is 2. The summed E-state index contributed by atoms with van der Waals surface area (Å²) in [5.41, 5.74) is 7.12. The minimum Gasteiger partial charge on any atom is -0.478 e. The van der Waals surface area contributed by atoms with Crippen LogP contribution in [0.5, 0.6) is 0 Å². The van der Waals surface area contributed by atoms with E-state index >= 15 is 0 Å². The van der Waals surface area contributed by atoms with Crippen molar-refractivity contribution in [1.29, 1.82) is 0 Å². The summed E-state index contributed by atoms with van der Waals surface area (Å²) in [7, 11) is 0. The molecule has 0 aliphatic rings. The highest BCUT2D eigenvalue weighted by molar-refractivity contribution is 7.10. The van der Waals surface area contributed by atoms with E-state index in [9.17, 15) is 9.90 Å². The third kappa shape index (κ3) is 2.73. The van der Waals surface area contributed by atoms with Crippen LogP contribution < -0.4 is 5.73 Å². The van der Waals surface area contributed by atoms with Crippen molar-refractivity contribution in [2.45, 2.75) is 0 Å². The van der Waals surface area contributed by atoms with Crippen LogP contribution in [0.2, 0.25) is 0 Å². The molecule has 0 spiro atoms. The smallest absolute Gasteiger partial charge is 0.336 e. The van der Waals surface area contributed by atoms with Crippen molar-refractivity contribution in [3.8, 4) is 0 Å². The van der Waals surface area contributed by atoms with Gasteiger partial charge in [0.2, 0.25) is 0 Å². The first-order chi connectivity index (χ1) is 8.16. The average Bonchev–Trinajstić information content (AvgIpc) is 2.80. The van der Waals surface area contributed by atoms with E-state index in [1.165, 1.54) is 11.3 Å². The molecular formula is C13H11NO2S. The summed E-state index contributed by atoms with van der Waals surface area (Å²) in [5.74, 6) is -0.942. The number of nitrogens with two attached hydrogens (primary N) is 1. The van der Waals surface area contributed by atoms with Gasteiger partial charge < -0.3 is 10.8 Å². The largest absolute Gasteiger partial charge is 0.478 e. The van der Waals surface area contributed by atoms with Crippen molar-refractivity contribution in [2.75, 3.05) is 5.73 Å². The van der Waals surface area contributed by atoms with Crippen molar-refractivity contribution < 1.29 is 9.90 Å². The Balaban J connectivity index is 2.43. The lowest BCUT2D eigenvalue weighted by Crippen LogP contribution is -1.99. The number of thiophene rings is 1. The number of hydrogen-bond acceptors (Lipinski definition) is 3. The average molecular weight is 245 g/mol. The Morgan fingerprint density at radius 3 is 2.47 bits per heavy atom. The SMILES string of the molecule is Nc1ccc(/C(=C/c2cccs2)C(=O)O)cc1.